The van der Waals surface area contributed by atoms with Crippen LogP contribution in [0.1, 0.15) is 36.9 Å². The maximum absolute atomic E-state index is 13.6. The van der Waals surface area contributed by atoms with Crippen LogP contribution in [0.5, 0.6) is 0 Å². The van der Waals surface area contributed by atoms with Crippen LogP contribution in [0.25, 0.3) is 0 Å². The molecule has 1 rings (SSSR count). The van der Waals surface area contributed by atoms with E-state index in [0.717, 1.165) is 31.5 Å². The van der Waals surface area contributed by atoms with Crippen molar-refractivity contribution in [2.45, 2.75) is 32.7 Å². The Morgan fingerprint density at radius 1 is 1.33 bits per heavy atom. The molecule has 1 N–H and O–H groups in total. The minimum absolute atomic E-state index is 0.111. The molecule has 18 heavy (non-hydrogen) atoms. The zero-order chi connectivity index (χ0) is 13.5. The number of halogens is 1. The molecule has 3 heteroatoms. The Morgan fingerprint density at radius 2 is 2.06 bits per heavy atom. The van der Waals surface area contributed by atoms with Gasteiger partial charge in [0.25, 0.3) is 0 Å². The number of rotatable bonds is 7. The van der Waals surface area contributed by atoms with E-state index in [1.165, 1.54) is 0 Å². The van der Waals surface area contributed by atoms with Gasteiger partial charge in [-0.3, -0.25) is 0 Å². The van der Waals surface area contributed by atoms with Gasteiger partial charge in [0.05, 0.1) is 0 Å². The molecule has 102 valence electrons. The van der Waals surface area contributed by atoms with E-state index in [4.69, 9.17) is 0 Å². The molecule has 2 nitrogen and oxygen atoms in total. The smallest absolute Gasteiger partial charge is 0.126 e. The van der Waals surface area contributed by atoms with Crippen molar-refractivity contribution in [1.82, 2.24) is 10.2 Å². The number of nitrogens with zero attached hydrogens (tertiary/aromatic N) is 1. The van der Waals surface area contributed by atoms with Gasteiger partial charge in [-0.15, -0.1) is 0 Å². The van der Waals surface area contributed by atoms with E-state index >= 15 is 0 Å². The van der Waals surface area contributed by atoms with Crippen molar-refractivity contribution in [2.24, 2.45) is 0 Å². The molecule has 1 unspecified atom stereocenters. The van der Waals surface area contributed by atoms with Crippen LogP contribution in [0.15, 0.2) is 18.2 Å². The number of nitrogens with one attached hydrogen (secondary N) is 1. The van der Waals surface area contributed by atoms with Crippen LogP contribution < -0.4 is 5.32 Å². The minimum atomic E-state index is -0.111. The lowest BCUT2D eigenvalue weighted by Crippen LogP contribution is -2.26. The molecular formula is C15H25FN2. The first-order valence-corrected chi connectivity index (χ1v) is 6.68. The van der Waals surface area contributed by atoms with Gasteiger partial charge in [0, 0.05) is 6.04 Å². The molecule has 0 heterocycles. The Bertz CT molecular complexity index is 364. The first kappa shape index (κ1) is 15.1. The Balaban J connectivity index is 2.76. The lowest BCUT2D eigenvalue weighted by Gasteiger charge is -2.21. The topological polar surface area (TPSA) is 15.3 Å². The lowest BCUT2D eigenvalue weighted by atomic mass is 10.0. The Kier molecular flexibility index (Phi) is 6.30. The molecule has 1 atom stereocenters. The summed E-state index contributed by atoms with van der Waals surface area (Å²) in [4.78, 5) is 2.16. The largest absolute Gasteiger partial charge is 0.310 e. The average Bonchev–Trinajstić information content (AvgIpc) is 2.33. The average molecular weight is 252 g/mol. The first-order chi connectivity index (χ1) is 8.54. The third-order valence-corrected chi connectivity index (χ3v) is 3.10. The highest BCUT2D eigenvalue weighted by Gasteiger charge is 2.12. The fourth-order valence-electron chi connectivity index (χ4n) is 1.92. The van der Waals surface area contributed by atoms with Crippen molar-refractivity contribution in [3.05, 3.63) is 35.1 Å². The van der Waals surface area contributed by atoms with Gasteiger partial charge >= 0.3 is 0 Å². The van der Waals surface area contributed by atoms with Gasteiger partial charge in [0.1, 0.15) is 5.82 Å². The summed E-state index contributed by atoms with van der Waals surface area (Å²) in [5, 5.41) is 3.49. The normalized spacial score (nSPS) is 13.0. The van der Waals surface area contributed by atoms with Gasteiger partial charge < -0.3 is 10.2 Å². The summed E-state index contributed by atoms with van der Waals surface area (Å²) in [6, 6.07) is 5.79. The molecule has 0 aliphatic carbocycles. The van der Waals surface area contributed by atoms with Crippen LogP contribution in [0, 0.1) is 12.7 Å². The molecule has 0 fully saturated rings. The van der Waals surface area contributed by atoms with Crippen molar-refractivity contribution in [3.8, 4) is 0 Å². The highest BCUT2D eigenvalue weighted by atomic mass is 19.1. The highest BCUT2D eigenvalue weighted by molar-refractivity contribution is 5.25. The van der Waals surface area contributed by atoms with Crippen LogP contribution in [0.4, 0.5) is 4.39 Å². The molecule has 0 bridgehead atoms. The van der Waals surface area contributed by atoms with Gasteiger partial charge in [-0.1, -0.05) is 19.1 Å². The molecule has 0 aliphatic rings. The quantitative estimate of drug-likeness (QED) is 0.802. The Morgan fingerprint density at radius 3 is 2.61 bits per heavy atom. The van der Waals surface area contributed by atoms with E-state index < -0.39 is 0 Å². The first-order valence-electron chi connectivity index (χ1n) is 6.68. The van der Waals surface area contributed by atoms with E-state index in [1.807, 2.05) is 12.1 Å². The standard InChI is InChI=1S/C15H25FN2/c1-5-9-17-15(8-10-18(3)4)13-7-6-12(2)14(16)11-13/h6-7,11,15,17H,5,8-10H2,1-4H3. The molecule has 0 saturated heterocycles. The van der Waals surface area contributed by atoms with Crippen molar-refractivity contribution in [3.63, 3.8) is 0 Å². The van der Waals surface area contributed by atoms with Crippen LogP contribution in [0.2, 0.25) is 0 Å². The van der Waals surface area contributed by atoms with E-state index in [9.17, 15) is 4.39 Å². The fourth-order valence-corrected chi connectivity index (χ4v) is 1.92. The van der Waals surface area contributed by atoms with Gasteiger partial charge in [0.2, 0.25) is 0 Å². The Hall–Kier alpha value is -0.930. The molecule has 0 aromatic heterocycles. The fraction of sp³-hybridized carbons (Fsp3) is 0.600. The van der Waals surface area contributed by atoms with E-state index in [2.05, 4.69) is 31.2 Å². The zero-order valence-electron chi connectivity index (χ0n) is 12.0. The summed E-state index contributed by atoms with van der Waals surface area (Å²) < 4.78 is 13.6. The summed E-state index contributed by atoms with van der Waals surface area (Å²) in [7, 11) is 4.12. The van der Waals surface area contributed by atoms with Crippen molar-refractivity contribution in [2.75, 3.05) is 27.2 Å². The lowest BCUT2D eigenvalue weighted by molar-refractivity contribution is 0.360. The highest BCUT2D eigenvalue weighted by Crippen LogP contribution is 2.19. The number of hydrogen-bond donors (Lipinski definition) is 1. The maximum Gasteiger partial charge on any atom is 0.126 e. The second kappa shape index (κ2) is 7.49. The molecule has 0 saturated carbocycles. The van der Waals surface area contributed by atoms with Gasteiger partial charge in [-0.05, 0) is 64.1 Å². The second-order valence-electron chi connectivity index (χ2n) is 5.11. The molecule has 0 aliphatic heterocycles. The third kappa shape index (κ3) is 4.75. The zero-order valence-corrected chi connectivity index (χ0v) is 12.0. The van der Waals surface area contributed by atoms with Crippen molar-refractivity contribution < 1.29 is 4.39 Å². The van der Waals surface area contributed by atoms with Gasteiger partial charge in [-0.25, -0.2) is 4.39 Å². The molecular weight excluding hydrogens is 227 g/mol. The summed E-state index contributed by atoms with van der Waals surface area (Å²) in [6.45, 7) is 5.91. The predicted octanol–water partition coefficient (Wildman–Crippen LogP) is 3.13. The SMILES string of the molecule is CCCNC(CCN(C)C)c1ccc(C)c(F)c1. The molecule has 0 radical (unpaired) electrons. The molecule has 0 spiro atoms. The van der Waals surface area contributed by atoms with E-state index in [1.54, 1.807) is 13.0 Å². The summed E-state index contributed by atoms with van der Waals surface area (Å²) >= 11 is 0. The third-order valence-electron chi connectivity index (χ3n) is 3.10. The molecule has 1 aromatic rings. The molecule has 1 aromatic carbocycles. The van der Waals surface area contributed by atoms with E-state index in [-0.39, 0.29) is 11.9 Å². The van der Waals surface area contributed by atoms with Crippen LogP contribution in [-0.2, 0) is 0 Å². The van der Waals surface area contributed by atoms with Gasteiger partial charge in [-0.2, -0.15) is 0 Å². The monoisotopic (exact) mass is 252 g/mol. The second-order valence-corrected chi connectivity index (χ2v) is 5.11. The van der Waals surface area contributed by atoms with Crippen LogP contribution in [-0.4, -0.2) is 32.1 Å². The minimum Gasteiger partial charge on any atom is -0.310 e. The summed E-state index contributed by atoms with van der Waals surface area (Å²) in [6.07, 6.45) is 2.09. The predicted molar refractivity (Wildman–Crippen MR) is 75.3 cm³/mol. The van der Waals surface area contributed by atoms with Crippen LogP contribution >= 0.6 is 0 Å². The summed E-state index contributed by atoms with van der Waals surface area (Å²) in [5.41, 5.74) is 1.76. The van der Waals surface area contributed by atoms with Crippen molar-refractivity contribution in [1.29, 1.82) is 0 Å². The van der Waals surface area contributed by atoms with Crippen LogP contribution in [0.3, 0.4) is 0 Å². The number of benzene rings is 1. The van der Waals surface area contributed by atoms with Gasteiger partial charge in [0.15, 0.2) is 0 Å². The molecule has 0 amide bonds. The number of aryl methyl sites for hydroxylation is 1. The number of hydrogen-bond acceptors (Lipinski definition) is 2. The maximum atomic E-state index is 13.6. The Labute approximate surface area is 110 Å². The van der Waals surface area contributed by atoms with E-state index in [0.29, 0.717) is 5.56 Å². The van der Waals surface area contributed by atoms with Crippen molar-refractivity contribution >= 4 is 0 Å². The summed E-state index contributed by atoms with van der Waals surface area (Å²) in [5.74, 6) is -0.111.